The minimum atomic E-state index is -0.580. The fraction of sp³-hybridized carbons (Fsp3) is 0.296. The highest BCUT2D eigenvalue weighted by Gasteiger charge is 2.47. The van der Waals surface area contributed by atoms with Crippen LogP contribution >= 0.6 is 15.9 Å². The van der Waals surface area contributed by atoms with Crippen LogP contribution in [-0.2, 0) is 23.1 Å². The Bertz CT molecular complexity index is 1060. The molecule has 0 bridgehead atoms. The van der Waals surface area contributed by atoms with E-state index in [9.17, 15) is 4.79 Å². The first-order valence-electron chi connectivity index (χ1n) is 10.7. The van der Waals surface area contributed by atoms with E-state index < -0.39 is 11.1 Å². The monoisotopic (exact) mass is 477 g/mol. The minimum Gasteiger partial charge on any atom is -0.443 e. The largest absolute Gasteiger partial charge is 0.443 e. The summed E-state index contributed by atoms with van der Waals surface area (Å²) >= 11 is 3.53. The summed E-state index contributed by atoms with van der Waals surface area (Å²) in [6, 6.07) is 26.9. The molecule has 1 unspecified atom stereocenters. The van der Waals surface area contributed by atoms with Crippen LogP contribution in [0.25, 0.3) is 0 Å². The molecule has 1 aliphatic rings. The maximum absolute atomic E-state index is 13.7. The van der Waals surface area contributed by atoms with Gasteiger partial charge in [-0.15, -0.1) is 0 Å². The van der Waals surface area contributed by atoms with Crippen molar-refractivity contribution >= 4 is 27.7 Å². The SMILES string of the molecule is CC(C)(C)OC(=O)N1c2ccccc2CCC1(Cc1ccc(Br)cc1)c1ccccc1. The van der Waals surface area contributed by atoms with E-state index in [0.717, 1.165) is 28.6 Å². The molecule has 1 amide bonds. The van der Waals surface area contributed by atoms with Crippen molar-refractivity contribution in [3.8, 4) is 0 Å². The number of anilines is 1. The summed E-state index contributed by atoms with van der Waals surface area (Å²) in [4.78, 5) is 15.6. The molecule has 0 aliphatic carbocycles. The number of rotatable bonds is 3. The summed E-state index contributed by atoms with van der Waals surface area (Å²) in [7, 11) is 0. The smallest absolute Gasteiger partial charge is 0.415 e. The van der Waals surface area contributed by atoms with E-state index in [0.29, 0.717) is 6.42 Å². The van der Waals surface area contributed by atoms with E-state index in [4.69, 9.17) is 4.74 Å². The number of carbonyl (C=O) groups excluding carboxylic acids is 1. The molecular weight excluding hydrogens is 450 g/mol. The number of hydrogen-bond donors (Lipinski definition) is 0. The number of ether oxygens (including phenoxy) is 1. The third kappa shape index (κ3) is 4.54. The van der Waals surface area contributed by atoms with Crippen LogP contribution in [0, 0.1) is 0 Å². The zero-order valence-corrected chi connectivity index (χ0v) is 19.9. The van der Waals surface area contributed by atoms with Crippen molar-refractivity contribution < 1.29 is 9.53 Å². The van der Waals surface area contributed by atoms with Gasteiger partial charge in [0.25, 0.3) is 0 Å². The molecule has 31 heavy (non-hydrogen) atoms. The van der Waals surface area contributed by atoms with Crippen LogP contribution in [0.3, 0.4) is 0 Å². The van der Waals surface area contributed by atoms with Crippen molar-refractivity contribution in [2.24, 2.45) is 0 Å². The third-order valence-electron chi connectivity index (χ3n) is 5.77. The van der Waals surface area contributed by atoms with E-state index in [1.54, 1.807) is 0 Å². The van der Waals surface area contributed by atoms with E-state index in [1.807, 2.05) is 62.1 Å². The summed E-state index contributed by atoms with van der Waals surface area (Å²) in [6.07, 6.45) is 2.13. The van der Waals surface area contributed by atoms with Gasteiger partial charge in [0.2, 0.25) is 0 Å². The Morgan fingerprint density at radius 3 is 2.29 bits per heavy atom. The number of benzene rings is 3. The molecule has 0 aromatic heterocycles. The second kappa shape index (κ2) is 8.51. The number of carbonyl (C=O) groups is 1. The molecule has 3 aromatic carbocycles. The summed E-state index contributed by atoms with van der Waals surface area (Å²) in [6.45, 7) is 5.75. The third-order valence-corrected chi connectivity index (χ3v) is 6.29. The zero-order valence-electron chi connectivity index (χ0n) is 18.3. The highest BCUT2D eigenvalue weighted by atomic mass is 79.9. The number of fused-ring (bicyclic) bond motifs is 1. The number of aryl methyl sites for hydroxylation is 1. The highest BCUT2D eigenvalue weighted by molar-refractivity contribution is 9.10. The Hall–Kier alpha value is -2.59. The van der Waals surface area contributed by atoms with Crippen LogP contribution in [0.4, 0.5) is 10.5 Å². The first-order chi connectivity index (χ1) is 14.8. The molecule has 0 spiro atoms. The molecule has 3 aromatic rings. The summed E-state index contributed by atoms with van der Waals surface area (Å²) < 4.78 is 6.99. The molecule has 1 aliphatic heterocycles. The highest BCUT2D eigenvalue weighted by Crippen LogP contribution is 2.46. The lowest BCUT2D eigenvalue weighted by atomic mass is 9.75. The van der Waals surface area contributed by atoms with E-state index >= 15 is 0 Å². The van der Waals surface area contributed by atoms with Crippen LogP contribution < -0.4 is 4.90 Å². The average molecular weight is 478 g/mol. The second-order valence-electron chi connectivity index (χ2n) is 9.15. The average Bonchev–Trinajstić information content (AvgIpc) is 2.74. The Morgan fingerprint density at radius 2 is 1.61 bits per heavy atom. The van der Waals surface area contributed by atoms with Gasteiger partial charge in [0.1, 0.15) is 5.60 Å². The van der Waals surface area contributed by atoms with Gasteiger partial charge in [0.05, 0.1) is 11.2 Å². The summed E-state index contributed by atoms with van der Waals surface area (Å²) in [5.74, 6) is 0. The Kier molecular flexibility index (Phi) is 5.94. The lowest BCUT2D eigenvalue weighted by Crippen LogP contribution is -2.55. The number of halogens is 1. The number of para-hydroxylation sites is 1. The Morgan fingerprint density at radius 1 is 0.968 bits per heavy atom. The van der Waals surface area contributed by atoms with Crippen LogP contribution in [0.1, 0.15) is 43.9 Å². The maximum Gasteiger partial charge on any atom is 0.415 e. The predicted octanol–water partition coefficient (Wildman–Crippen LogP) is 7.28. The standard InChI is InChI=1S/C27H28BrNO2/c1-26(2,3)31-25(30)29-24-12-8-7-9-21(24)17-18-27(29,22-10-5-4-6-11-22)19-20-13-15-23(28)16-14-20/h4-16H,17-19H2,1-3H3. The molecule has 0 fully saturated rings. The van der Waals surface area contributed by atoms with Gasteiger partial charge in [-0.1, -0.05) is 76.6 Å². The number of amides is 1. The topological polar surface area (TPSA) is 29.5 Å². The molecule has 0 saturated heterocycles. The van der Waals surface area contributed by atoms with Gasteiger partial charge in [0.15, 0.2) is 0 Å². The van der Waals surface area contributed by atoms with Gasteiger partial charge in [-0.2, -0.15) is 0 Å². The van der Waals surface area contributed by atoms with Gasteiger partial charge < -0.3 is 4.74 Å². The molecule has 1 heterocycles. The normalized spacial score (nSPS) is 18.4. The molecular formula is C27H28BrNO2. The fourth-order valence-electron chi connectivity index (χ4n) is 4.44. The van der Waals surface area contributed by atoms with Crippen LogP contribution in [0.2, 0.25) is 0 Å². The van der Waals surface area contributed by atoms with Crippen molar-refractivity contribution in [2.75, 3.05) is 4.90 Å². The van der Waals surface area contributed by atoms with Gasteiger partial charge in [-0.25, -0.2) is 4.79 Å². The lowest BCUT2D eigenvalue weighted by Gasteiger charge is -2.48. The van der Waals surface area contributed by atoms with Crippen molar-refractivity contribution in [2.45, 2.75) is 51.2 Å². The minimum absolute atomic E-state index is 0.305. The number of nitrogens with zero attached hydrogens (tertiary/aromatic N) is 1. The molecule has 1 atom stereocenters. The van der Waals surface area contributed by atoms with Crippen LogP contribution in [-0.4, -0.2) is 11.7 Å². The van der Waals surface area contributed by atoms with Crippen molar-refractivity contribution in [3.05, 3.63) is 100 Å². The fourth-order valence-corrected chi connectivity index (χ4v) is 4.70. The summed E-state index contributed by atoms with van der Waals surface area (Å²) in [5, 5.41) is 0. The lowest BCUT2D eigenvalue weighted by molar-refractivity contribution is 0.0522. The molecule has 4 heteroatoms. The van der Waals surface area contributed by atoms with Gasteiger partial charge in [0, 0.05) is 10.9 Å². The van der Waals surface area contributed by atoms with Crippen molar-refractivity contribution in [1.82, 2.24) is 0 Å². The van der Waals surface area contributed by atoms with Gasteiger partial charge in [-0.05, 0) is 68.5 Å². The molecule has 4 rings (SSSR count). The molecule has 0 N–H and O–H groups in total. The molecule has 3 nitrogen and oxygen atoms in total. The second-order valence-corrected chi connectivity index (χ2v) is 10.1. The van der Waals surface area contributed by atoms with E-state index in [-0.39, 0.29) is 6.09 Å². The Labute approximate surface area is 193 Å². The Balaban J connectivity index is 1.90. The van der Waals surface area contributed by atoms with Crippen LogP contribution in [0.5, 0.6) is 0 Å². The van der Waals surface area contributed by atoms with Crippen molar-refractivity contribution in [1.29, 1.82) is 0 Å². The first-order valence-corrected chi connectivity index (χ1v) is 11.5. The number of hydrogen-bond acceptors (Lipinski definition) is 2. The molecule has 160 valence electrons. The zero-order chi connectivity index (χ0) is 22.1. The maximum atomic E-state index is 13.7. The van der Waals surface area contributed by atoms with Gasteiger partial charge in [-0.3, -0.25) is 4.90 Å². The van der Waals surface area contributed by atoms with E-state index in [2.05, 4.69) is 58.4 Å². The first kappa shape index (κ1) is 21.6. The predicted molar refractivity (Wildman–Crippen MR) is 129 cm³/mol. The van der Waals surface area contributed by atoms with Gasteiger partial charge >= 0.3 is 6.09 Å². The molecule has 0 radical (unpaired) electrons. The van der Waals surface area contributed by atoms with Crippen molar-refractivity contribution in [3.63, 3.8) is 0 Å². The van der Waals surface area contributed by atoms with E-state index in [1.165, 1.54) is 11.1 Å². The van der Waals surface area contributed by atoms with Crippen LogP contribution in [0.15, 0.2) is 83.3 Å². The summed E-state index contributed by atoms with van der Waals surface area (Å²) in [5.41, 5.74) is 3.30. The quantitative estimate of drug-likeness (QED) is 0.396. The molecule has 0 saturated carbocycles.